The number of nitrogens with zero attached hydrogens (tertiary/aromatic N) is 1. The van der Waals surface area contributed by atoms with Crippen LogP contribution in [0.5, 0.6) is 0 Å². The summed E-state index contributed by atoms with van der Waals surface area (Å²) in [5.41, 5.74) is 8.10. The SMILES string of the molecule is CC(N)=NC(C(=O)C(C)Cc1cccc(C(=O)CCC2CCC(CO)CC2)c1)(c1ccccc1)c1ccccc1. The maximum absolute atomic E-state index is 14.4. The third-order valence-electron chi connectivity index (χ3n) is 8.33. The molecule has 1 aliphatic rings. The second kappa shape index (κ2) is 13.7. The van der Waals surface area contributed by atoms with Gasteiger partial charge in [0.05, 0.1) is 5.84 Å². The van der Waals surface area contributed by atoms with Gasteiger partial charge in [-0.25, -0.2) is 4.99 Å². The Labute approximate surface area is 238 Å². The van der Waals surface area contributed by atoms with Gasteiger partial charge in [-0.3, -0.25) is 9.59 Å². The van der Waals surface area contributed by atoms with E-state index in [4.69, 9.17) is 10.7 Å². The fourth-order valence-corrected chi connectivity index (χ4v) is 6.12. The molecule has 3 aromatic rings. The van der Waals surface area contributed by atoms with E-state index in [0.717, 1.165) is 48.8 Å². The van der Waals surface area contributed by atoms with Crippen molar-refractivity contribution in [3.05, 3.63) is 107 Å². The molecule has 210 valence electrons. The van der Waals surface area contributed by atoms with Crippen LogP contribution in [-0.4, -0.2) is 29.1 Å². The van der Waals surface area contributed by atoms with Crippen LogP contribution in [0.3, 0.4) is 0 Å². The summed E-state index contributed by atoms with van der Waals surface area (Å²) in [6.07, 6.45) is 6.20. The highest BCUT2D eigenvalue weighted by molar-refractivity contribution is 5.98. The summed E-state index contributed by atoms with van der Waals surface area (Å²) in [5.74, 6) is 1.06. The monoisotopic (exact) mass is 538 g/mol. The standard InChI is InChI=1S/C35H42N2O3/c1-25(22-29-10-9-11-30(23-29)33(39)21-20-27-16-18-28(24-38)19-17-27)34(40)35(37-26(2)36,31-12-5-3-6-13-31)32-14-7-4-8-15-32/h3-15,23,25,27-28,38H,16-22,24H2,1-2H3,(H2,36,37). The second-order valence-electron chi connectivity index (χ2n) is 11.4. The Bertz CT molecular complexity index is 1250. The van der Waals surface area contributed by atoms with Gasteiger partial charge in [0, 0.05) is 24.5 Å². The van der Waals surface area contributed by atoms with Crippen molar-refractivity contribution in [3.63, 3.8) is 0 Å². The summed E-state index contributed by atoms with van der Waals surface area (Å²) in [5, 5.41) is 9.38. The number of nitrogens with two attached hydrogens (primary N) is 1. The quantitative estimate of drug-likeness (QED) is 0.156. The number of hydrogen-bond acceptors (Lipinski definition) is 4. The van der Waals surface area contributed by atoms with E-state index in [1.54, 1.807) is 6.92 Å². The Balaban J connectivity index is 1.53. The summed E-state index contributed by atoms with van der Waals surface area (Å²) >= 11 is 0. The lowest BCUT2D eigenvalue weighted by atomic mass is 9.74. The number of benzene rings is 3. The summed E-state index contributed by atoms with van der Waals surface area (Å²) in [7, 11) is 0. The highest BCUT2D eigenvalue weighted by Crippen LogP contribution is 2.38. The first-order valence-electron chi connectivity index (χ1n) is 14.5. The number of rotatable bonds is 12. The van der Waals surface area contributed by atoms with Gasteiger partial charge in [0.1, 0.15) is 0 Å². The molecule has 40 heavy (non-hydrogen) atoms. The van der Waals surface area contributed by atoms with Crippen molar-refractivity contribution in [1.82, 2.24) is 0 Å². The van der Waals surface area contributed by atoms with Crippen LogP contribution in [0, 0.1) is 17.8 Å². The van der Waals surface area contributed by atoms with Crippen LogP contribution in [0.1, 0.15) is 79.4 Å². The minimum atomic E-state index is -1.26. The molecule has 3 N–H and O–H groups in total. The molecule has 0 aliphatic heterocycles. The number of aliphatic hydroxyl groups excluding tert-OH is 1. The Hall–Kier alpha value is -3.57. The lowest BCUT2D eigenvalue weighted by Crippen LogP contribution is -2.41. The summed E-state index contributed by atoms with van der Waals surface area (Å²) < 4.78 is 0. The predicted molar refractivity (Wildman–Crippen MR) is 161 cm³/mol. The van der Waals surface area contributed by atoms with Gasteiger partial charge >= 0.3 is 0 Å². The van der Waals surface area contributed by atoms with Gasteiger partial charge in [-0.05, 0) is 67.2 Å². The zero-order valence-electron chi connectivity index (χ0n) is 23.8. The molecule has 1 atom stereocenters. The van der Waals surface area contributed by atoms with E-state index in [9.17, 15) is 14.7 Å². The van der Waals surface area contributed by atoms with Crippen LogP contribution in [0.15, 0.2) is 89.9 Å². The van der Waals surface area contributed by atoms with E-state index in [1.165, 1.54) is 0 Å². The van der Waals surface area contributed by atoms with E-state index in [1.807, 2.05) is 91.9 Å². The lowest BCUT2D eigenvalue weighted by molar-refractivity contribution is -0.126. The molecule has 3 aromatic carbocycles. The normalized spacial score (nSPS) is 18.7. The highest BCUT2D eigenvalue weighted by atomic mass is 16.3. The first kappa shape index (κ1) is 29.4. The number of aliphatic hydroxyl groups is 1. The van der Waals surface area contributed by atoms with Crippen LogP contribution in [-0.2, 0) is 16.8 Å². The van der Waals surface area contributed by atoms with Crippen molar-refractivity contribution >= 4 is 17.4 Å². The predicted octanol–water partition coefficient (Wildman–Crippen LogP) is 6.52. The third kappa shape index (κ3) is 6.95. The average molecular weight is 539 g/mol. The van der Waals surface area contributed by atoms with Crippen molar-refractivity contribution in [2.24, 2.45) is 28.5 Å². The molecule has 5 nitrogen and oxygen atoms in total. The molecule has 0 saturated heterocycles. The topological polar surface area (TPSA) is 92.8 Å². The average Bonchev–Trinajstić information content (AvgIpc) is 2.99. The number of carbonyl (C=O) groups is 2. The van der Waals surface area contributed by atoms with Gasteiger partial charge in [-0.1, -0.05) is 98.6 Å². The fraction of sp³-hybridized carbons (Fsp3) is 0.400. The molecule has 1 fully saturated rings. The molecule has 5 heteroatoms. The molecule has 4 rings (SSSR count). The molecule has 0 radical (unpaired) electrons. The molecule has 1 saturated carbocycles. The van der Waals surface area contributed by atoms with Gasteiger partial charge in [0.15, 0.2) is 17.1 Å². The molecule has 0 bridgehead atoms. The van der Waals surface area contributed by atoms with E-state index in [0.29, 0.717) is 36.1 Å². The highest BCUT2D eigenvalue weighted by Gasteiger charge is 2.43. The van der Waals surface area contributed by atoms with Crippen LogP contribution >= 0.6 is 0 Å². The van der Waals surface area contributed by atoms with Crippen LogP contribution in [0.25, 0.3) is 0 Å². The molecular formula is C35H42N2O3. The maximum atomic E-state index is 14.4. The van der Waals surface area contributed by atoms with Gasteiger partial charge < -0.3 is 10.8 Å². The van der Waals surface area contributed by atoms with Gasteiger partial charge in [0.25, 0.3) is 0 Å². The minimum absolute atomic E-state index is 0.0371. The zero-order valence-corrected chi connectivity index (χ0v) is 23.8. The number of ketones is 2. The van der Waals surface area contributed by atoms with Gasteiger partial charge in [-0.15, -0.1) is 0 Å². The van der Waals surface area contributed by atoms with Crippen molar-refractivity contribution in [2.75, 3.05) is 6.61 Å². The number of amidine groups is 1. The largest absolute Gasteiger partial charge is 0.396 e. The molecule has 0 amide bonds. The fourth-order valence-electron chi connectivity index (χ4n) is 6.12. The van der Waals surface area contributed by atoms with E-state index >= 15 is 0 Å². The lowest BCUT2D eigenvalue weighted by Gasteiger charge is -2.32. The molecule has 1 unspecified atom stereocenters. The summed E-state index contributed by atoms with van der Waals surface area (Å²) in [6.45, 7) is 3.92. The van der Waals surface area contributed by atoms with Gasteiger partial charge in [-0.2, -0.15) is 0 Å². The molecular weight excluding hydrogens is 496 g/mol. The molecule has 1 aliphatic carbocycles. The third-order valence-corrected chi connectivity index (χ3v) is 8.33. The van der Waals surface area contributed by atoms with Crippen molar-refractivity contribution in [3.8, 4) is 0 Å². The van der Waals surface area contributed by atoms with E-state index < -0.39 is 5.54 Å². The second-order valence-corrected chi connectivity index (χ2v) is 11.4. The van der Waals surface area contributed by atoms with Crippen LogP contribution in [0.2, 0.25) is 0 Å². The number of Topliss-reactive ketones (excluding diaryl/α,β-unsaturated/α-hetero) is 2. The Morgan fingerprint density at radius 3 is 2.02 bits per heavy atom. The van der Waals surface area contributed by atoms with Crippen LogP contribution < -0.4 is 5.73 Å². The molecule has 0 heterocycles. The van der Waals surface area contributed by atoms with Crippen molar-refractivity contribution in [1.29, 1.82) is 0 Å². The van der Waals surface area contributed by atoms with E-state index in [-0.39, 0.29) is 24.1 Å². The van der Waals surface area contributed by atoms with Crippen molar-refractivity contribution in [2.45, 2.75) is 64.3 Å². The Morgan fingerprint density at radius 2 is 1.48 bits per heavy atom. The summed E-state index contributed by atoms with van der Waals surface area (Å²) in [4.78, 5) is 32.3. The van der Waals surface area contributed by atoms with Gasteiger partial charge in [0.2, 0.25) is 0 Å². The minimum Gasteiger partial charge on any atom is -0.396 e. The first-order chi connectivity index (χ1) is 19.3. The van der Waals surface area contributed by atoms with Crippen LogP contribution in [0.4, 0.5) is 0 Å². The zero-order chi connectivity index (χ0) is 28.5. The Kier molecular flexibility index (Phi) is 10.1. The van der Waals surface area contributed by atoms with E-state index in [2.05, 4.69) is 0 Å². The smallest absolute Gasteiger partial charge is 0.172 e. The number of hydrogen-bond donors (Lipinski definition) is 2. The number of aliphatic imine (C=N–C) groups is 1. The van der Waals surface area contributed by atoms with Crippen molar-refractivity contribution < 1.29 is 14.7 Å². The maximum Gasteiger partial charge on any atom is 0.172 e. The number of carbonyl (C=O) groups excluding carboxylic acids is 2. The Morgan fingerprint density at radius 1 is 0.900 bits per heavy atom. The first-order valence-corrected chi connectivity index (χ1v) is 14.5. The summed E-state index contributed by atoms with van der Waals surface area (Å²) in [6, 6.07) is 27.0. The molecule has 0 aromatic heterocycles. The molecule has 0 spiro atoms.